The second-order valence-electron chi connectivity index (χ2n) is 6.06. The molecule has 1 aliphatic carbocycles. The molecule has 0 bridgehead atoms. The van der Waals surface area contributed by atoms with E-state index in [1.165, 1.54) is 10.7 Å². The summed E-state index contributed by atoms with van der Waals surface area (Å²) < 4.78 is 28.8. The Morgan fingerprint density at radius 2 is 2.14 bits per heavy atom. The second-order valence-corrected chi connectivity index (χ2v) is 8.06. The van der Waals surface area contributed by atoms with Crippen molar-refractivity contribution in [1.82, 2.24) is 8.87 Å². The maximum atomic E-state index is 12.8. The van der Waals surface area contributed by atoms with Gasteiger partial charge in [-0.3, -0.25) is 0 Å². The number of sulfonamides is 1. The van der Waals surface area contributed by atoms with E-state index in [-0.39, 0.29) is 17.5 Å². The van der Waals surface area contributed by atoms with Gasteiger partial charge in [0.2, 0.25) is 10.0 Å². The Kier molecular flexibility index (Phi) is 5.11. The summed E-state index contributed by atoms with van der Waals surface area (Å²) in [5.74, 6) is 0.578. The predicted octanol–water partition coefficient (Wildman–Crippen LogP) is 2.20. The first-order chi connectivity index (χ1) is 9.90. The Bertz CT molecular complexity index is 558. The lowest BCUT2D eigenvalue weighted by atomic mass is 9.87. The van der Waals surface area contributed by atoms with Gasteiger partial charge >= 0.3 is 0 Å². The van der Waals surface area contributed by atoms with E-state index < -0.39 is 10.0 Å². The van der Waals surface area contributed by atoms with Gasteiger partial charge < -0.3 is 9.67 Å². The van der Waals surface area contributed by atoms with Crippen molar-refractivity contribution in [2.75, 3.05) is 7.05 Å². The minimum atomic E-state index is -3.48. The van der Waals surface area contributed by atoms with E-state index in [1.807, 2.05) is 6.92 Å². The van der Waals surface area contributed by atoms with Gasteiger partial charge in [0.05, 0.1) is 6.61 Å². The second kappa shape index (κ2) is 6.50. The van der Waals surface area contributed by atoms with Crippen LogP contribution in [0.1, 0.15) is 45.2 Å². The van der Waals surface area contributed by atoms with Crippen LogP contribution in [0.25, 0.3) is 0 Å². The van der Waals surface area contributed by atoms with Gasteiger partial charge in [-0.1, -0.05) is 19.8 Å². The van der Waals surface area contributed by atoms with Crippen LogP contribution in [0.5, 0.6) is 0 Å². The van der Waals surface area contributed by atoms with E-state index in [0.29, 0.717) is 18.2 Å². The van der Waals surface area contributed by atoms with Crippen molar-refractivity contribution in [3.05, 3.63) is 18.0 Å². The minimum absolute atomic E-state index is 0.0845. The summed E-state index contributed by atoms with van der Waals surface area (Å²) >= 11 is 0. The Morgan fingerprint density at radius 3 is 2.67 bits per heavy atom. The number of aliphatic hydroxyl groups is 1. The fourth-order valence-corrected chi connectivity index (χ4v) is 4.65. The first-order valence-electron chi connectivity index (χ1n) is 7.68. The third kappa shape index (κ3) is 3.33. The van der Waals surface area contributed by atoms with Gasteiger partial charge in [-0.15, -0.1) is 0 Å². The van der Waals surface area contributed by atoms with Crippen LogP contribution in [0.2, 0.25) is 0 Å². The molecule has 0 amide bonds. The molecule has 0 spiro atoms. The van der Waals surface area contributed by atoms with Gasteiger partial charge in [0, 0.05) is 31.5 Å². The SMILES string of the molecule is CCn1cc(S(=O)(=O)N(C)C2CCCC(C)C2)cc1CO. The Morgan fingerprint density at radius 1 is 1.43 bits per heavy atom. The number of rotatable bonds is 5. The van der Waals surface area contributed by atoms with Gasteiger partial charge in [-0.05, 0) is 31.7 Å². The van der Waals surface area contributed by atoms with Crippen LogP contribution < -0.4 is 0 Å². The molecule has 1 heterocycles. The Hall–Kier alpha value is -0.850. The highest BCUT2D eigenvalue weighted by Gasteiger charge is 2.31. The summed E-state index contributed by atoms with van der Waals surface area (Å²) in [5, 5.41) is 9.32. The zero-order chi connectivity index (χ0) is 15.6. The standard InChI is InChI=1S/C15H26N2O3S/c1-4-17-10-15(9-14(17)11-18)21(19,20)16(3)13-7-5-6-12(2)8-13/h9-10,12-13,18H,4-8,11H2,1-3H3. The van der Waals surface area contributed by atoms with Gasteiger partial charge in [0.25, 0.3) is 0 Å². The summed E-state index contributed by atoms with van der Waals surface area (Å²) in [6.07, 6.45) is 5.76. The maximum absolute atomic E-state index is 12.8. The predicted molar refractivity (Wildman–Crippen MR) is 82.4 cm³/mol. The molecule has 1 fully saturated rings. The highest BCUT2D eigenvalue weighted by molar-refractivity contribution is 7.89. The molecule has 0 radical (unpaired) electrons. The van der Waals surface area contributed by atoms with Crippen molar-refractivity contribution in [2.45, 2.75) is 63.6 Å². The summed E-state index contributed by atoms with van der Waals surface area (Å²) in [6.45, 7) is 4.62. The quantitative estimate of drug-likeness (QED) is 0.906. The summed E-state index contributed by atoms with van der Waals surface area (Å²) in [5.41, 5.74) is 0.640. The molecule has 6 heteroatoms. The molecule has 2 unspecified atom stereocenters. The molecule has 1 N–H and O–H groups in total. The van der Waals surface area contributed by atoms with Gasteiger partial charge in [0.1, 0.15) is 4.90 Å². The molecule has 1 aliphatic rings. The highest BCUT2D eigenvalue weighted by atomic mass is 32.2. The van der Waals surface area contributed by atoms with E-state index in [4.69, 9.17) is 0 Å². The maximum Gasteiger partial charge on any atom is 0.244 e. The summed E-state index contributed by atoms with van der Waals surface area (Å²) in [6, 6.07) is 1.67. The number of nitrogens with zero attached hydrogens (tertiary/aromatic N) is 2. The molecule has 120 valence electrons. The van der Waals surface area contributed by atoms with E-state index in [1.54, 1.807) is 23.9 Å². The van der Waals surface area contributed by atoms with E-state index >= 15 is 0 Å². The first kappa shape index (κ1) is 16.5. The Balaban J connectivity index is 2.26. The third-order valence-corrected chi connectivity index (χ3v) is 6.44. The Labute approximate surface area is 127 Å². The molecular weight excluding hydrogens is 288 g/mol. The fourth-order valence-electron chi connectivity index (χ4n) is 3.19. The lowest BCUT2D eigenvalue weighted by Gasteiger charge is -2.33. The molecule has 0 aliphatic heterocycles. The topological polar surface area (TPSA) is 62.5 Å². The monoisotopic (exact) mass is 314 g/mol. The largest absolute Gasteiger partial charge is 0.390 e. The molecule has 21 heavy (non-hydrogen) atoms. The molecule has 1 aromatic rings. The van der Waals surface area contributed by atoms with Gasteiger partial charge in [0.15, 0.2) is 0 Å². The molecule has 1 aromatic heterocycles. The first-order valence-corrected chi connectivity index (χ1v) is 9.12. The lowest BCUT2D eigenvalue weighted by molar-refractivity contribution is 0.239. The number of aliphatic hydroxyl groups excluding tert-OH is 1. The van der Waals surface area contributed by atoms with Crippen LogP contribution in [0.15, 0.2) is 17.2 Å². The van der Waals surface area contributed by atoms with Crippen LogP contribution in [-0.2, 0) is 23.2 Å². The van der Waals surface area contributed by atoms with Crippen LogP contribution in [0, 0.1) is 5.92 Å². The minimum Gasteiger partial charge on any atom is -0.390 e. The van der Waals surface area contributed by atoms with E-state index in [0.717, 1.165) is 19.3 Å². The smallest absolute Gasteiger partial charge is 0.244 e. The average molecular weight is 314 g/mol. The normalized spacial score (nSPS) is 23.7. The molecule has 1 saturated carbocycles. The van der Waals surface area contributed by atoms with Crippen molar-refractivity contribution in [2.24, 2.45) is 5.92 Å². The average Bonchev–Trinajstić information content (AvgIpc) is 2.90. The number of hydrogen-bond acceptors (Lipinski definition) is 3. The van der Waals surface area contributed by atoms with Crippen molar-refractivity contribution in [1.29, 1.82) is 0 Å². The van der Waals surface area contributed by atoms with Crippen molar-refractivity contribution < 1.29 is 13.5 Å². The number of aromatic nitrogens is 1. The summed E-state index contributed by atoms with van der Waals surface area (Å²) in [7, 11) is -1.80. The third-order valence-electron chi connectivity index (χ3n) is 4.56. The van der Waals surface area contributed by atoms with E-state index in [9.17, 15) is 13.5 Å². The van der Waals surface area contributed by atoms with Crippen molar-refractivity contribution in [3.63, 3.8) is 0 Å². The van der Waals surface area contributed by atoms with Crippen LogP contribution in [0.3, 0.4) is 0 Å². The molecule has 2 rings (SSSR count). The van der Waals surface area contributed by atoms with Gasteiger partial charge in [-0.2, -0.15) is 4.31 Å². The van der Waals surface area contributed by atoms with Crippen LogP contribution in [0.4, 0.5) is 0 Å². The number of aryl methyl sites for hydroxylation is 1. The molecule has 5 nitrogen and oxygen atoms in total. The van der Waals surface area contributed by atoms with E-state index in [2.05, 4.69) is 6.92 Å². The molecule has 0 saturated heterocycles. The zero-order valence-electron chi connectivity index (χ0n) is 13.1. The van der Waals surface area contributed by atoms with Gasteiger partial charge in [-0.25, -0.2) is 8.42 Å². The highest BCUT2D eigenvalue weighted by Crippen LogP contribution is 2.30. The van der Waals surface area contributed by atoms with Crippen LogP contribution >= 0.6 is 0 Å². The van der Waals surface area contributed by atoms with Crippen molar-refractivity contribution in [3.8, 4) is 0 Å². The molecular formula is C15H26N2O3S. The van der Waals surface area contributed by atoms with Crippen LogP contribution in [-0.4, -0.2) is 35.5 Å². The molecule has 0 aromatic carbocycles. The number of hydrogen-bond donors (Lipinski definition) is 1. The molecule has 2 atom stereocenters. The fraction of sp³-hybridized carbons (Fsp3) is 0.733. The zero-order valence-corrected chi connectivity index (χ0v) is 13.9. The van der Waals surface area contributed by atoms with Crippen molar-refractivity contribution >= 4 is 10.0 Å². The lowest BCUT2D eigenvalue weighted by Crippen LogP contribution is -2.39. The summed E-state index contributed by atoms with van der Waals surface area (Å²) in [4.78, 5) is 0.286.